The minimum Gasteiger partial charge on any atom is -0.471 e. The second-order valence-corrected chi connectivity index (χ2v) is 5.11. The van der Waals surface area contributed by atoms with Crippen LogP contribution in [0.1, 0.15) is 25.5 Å². The standard InChI is InChI=1S/C18H19NO3/c1-12(2)18(20)21-11-17(19)22-13(3)15-10-6-8-14-7-4-5-9-16(14)15/h4-10,13,19H,1,11H2,2-3H3. The van der Waals surface area contributed by atoms with Crippen molar-refractivity contribution in [3.8, 4) is 0 Å². The molecule has 0 fully saturated rings. The van der Waals surface area contributed by atoms with Crippen LogP contribution >= 0.6 is 0 Å². The fraction of sp³-hybridized carbons (Fsp3) is 0.222. The summed E-state index contributed by atoms with van der Waals surface area (Å²) >= 11 is 0. The Hall–Kier alpha value is -2.62. The van der Waals surface area contributed by atoms with E-state index in [9.17, 15) is 4.79 Å². The molecule has 0 heterocycles. The molecule has 2 aromatic rings. The molecule has 0 aliphatic heterocycles. The Labute approximate surface area is 129 Å². The summed E-state index contributed by atoms with van der Waals surface area (Å²) in [6.07, 6.45) is -0.304. The molecule has 1 atom stereocenters. The van der Waals surface area contributed by atoms with Crippen molar-refractivity contribution in [3.05, 3.63) is 60.2 Å². The number of carbonyl (C=O) groups is 1. The lowest BCUT2D eigenvalue weighted by atomic mass is 10.0. The lowest BCUT2D eigenvalue weighted by Gasteiger charge is -2.17. The zero-order valence-corrected chi connectivity index (χ0v) is 12.8. The molecule has 4 nitrogen and oxygen atoms in total. The first kappa shape index (κ1) is 15.8. The molecule has 0 radical (unpaired) electrons. The van der Waals surface area contributed by atoms with Crippen LogP contribution in [0.25, 0.3) is 10.8 Å². The molecule has 114 valence electrons. The van der Waals surface area contributed by atoms with Crippen molar-refractivity contribution in [1.29, 1.82) is 5.41 Å². The van der Waals surface area contributed by atoms with Gasteiger partial charge in [-0.25, -0.2) is 4.79 Å². The van der Waals surface area contributed by atoms with Crippen LogP contribution in [0.4, 0.5) is 0 Å². The van der Waals surface area contributed by atoms with Gasteiger partial charge in [0, 0.05) is 5.57 Å². The van der Waals surface area contributed by atoms with Crippen molar-refractivity contribution in [2.24, 2.45) is 0 Å². The van der Waals surface area contributed by atoms with E-state index in [2.05, 4.69) is 6.58 Å². The molecule has 0 aliphatic rings. The minimum absolute atomic E-state index is 0.0879. The maximum Gasteiger partial charge on any atom is 0.333 e. The monoisotopic (exact) mass is 297 g/mol. The molecular formula is C18H19NO3. The van der Waals surface area contributed by atoms with Crippen LogP contribution in [0.2, 0.25) is 0 Å². The van der Waals surface area contributed by atoms with Crippen LogP contribution in [0.3, 0.4) is 0 Å². The fourth-order valence-corrected chi connectivity index (χ4v) is 2.17. The van der Waals surface area contributed by atoms with Crippen LogP contribution in [-0.4, -0.2) is 18.5 Å². The van der Waals surface area contributed by atoms with Crippen molar-refractivity contribution in [1.82, 2.24) is 0 Å². The molecule has 1 unspecified atom stereocenters. The average molecular weight is 297 g/mol. The molecule has 22 heavy (non-hydrogen) atoms. The van der Waals surface area contributed by atoms with Gasteiger partial charge in [-0.3, -0.25) is 5.41 Å². The molecule has 4 heteroatoms. The first-order valence-corrected chi connectivity index (χ1v) is 7.03. The maximum atomic E-state index is 11.3. The summed E-state index contributed by atoms with van der Waals surface area (Å²) in [5.41, 5.74) is 1.30. The van der Waals surface area contributed by atoms with E-state index in [1.54, 1.807) is 6.92 Å². The van der Waals surface area contributed by atoms with E-state index in [4.69, 9.17) is 14.9 Å². The lowest BCUT2D eigenvalue weighted by molar-refractivity contribution is -0.137. The second kappa shape index (κ2) is 6.89. The Morgan fingerprint density at radius 3 is 2.64 bits per heavy atom. The van der Waals surface area contributed by atoms with Crippen LogP contribution in [-0.2, 0) is 14.3 Å². The van der Waals surface area contributed by atoms with Gasteiger partial charge < -0.3 is 9.47 Å². The van der Waals surface area contributed by atoms with E-state index in [0.717, 1.165) is 16.3 Å². The smallest absolute Gasteiger partial charge is 0.333 e. The zero-order chi connectivity index (χ0) is 16.1. The van der Waals surface area contributed by atoms with Crippen molar-refractivity contribution < 1.29 is 14.3 Å². The summed E-state index contributed by atoms with van der Waals surface area (Å²) in [7, 11) is 0. The van der Waals surface area contributed by atoms with Gasteiger partial charge in [0.2, 0.25) is 5.90 Å². The van der Waals surface area contributed by atoms with Crippen molar-refractivity contribution in [3.63, 3.8) is 0 Å². The predicted octanol–water partition coefficient (Wildman–Crippen LogP) is 4.01. The van der Waals surface area contributed by atoms with Gasteiger partial charge in [-0.2, -0.15) is 0 Å². The lowest BCUT2D eigenvalue weighted by Crippen LogP contribution is -2.17. The third kappa shape index (κ3) is 3.73. The van der Waals surface area contributed by atoms with Crippen molar-refractivity contribution >= 4 is 22.6 Å². The number of carbonyl (C=O) groups excluding carboxylic acids is 1. The van der Waals surface area contributed by atoms with Gasteiger partial charge in [0.05, 0.1) is 0 Å². The minimum atomic E-state index is -0.522. The molecular weight excluding hydrogens is 278 g/mol. The number of ether oxygens (including phenoxy) is 2. The molecule has 1 N–H and O–H groups in total. The van der Waals surface area contributed by atoms with Gasteiger partial charge in [0.15, 0.2) is 6.61 Å². The Morgan fingerprint density at radius 2 is 1.91 bits per heavy atom. The molecule has 0 saturated carbocycles. The number of benzene rings is 2. The number of esters is 1. The Morgan fingerprint density at radius 1 is 1.23 bits per heavy atom. The highest BCUT2D eigenvalue weighted by molar-refractivity contribution is 5.89. The number of hydrogen-bond donors (Lipinski definition) is 1. The average Bonchev–Trinajstić information content (AvgIpc) is 2.51. The van der Waals surface area contributed by atoms with E-state index in [-0.39, 0.29) is 18.6 Å². The normalized spacial score (nSPS) is 11.7. The summed E-state index contributed by atoms with van der Waals surface area (Å²) in [6.45, 7) is 6.73. The molecule has 0 amide bonds. The third-order valence-electron chi connectivity index (χ3n) is 3.26. The van der Waals surface area contributed by atoms with Crippen LogP contribution in [0.15, 0.2) is 54.6 Å². The first-order chi connectivity index (χ1) is 10.5. The molecule has 0 bridgehead atoms. The number of nitrogens with one attached hydrogen (secondary N) is 1. The molecule has 0 aromatic heterocycles. The van der Waals surface area contributed by atoms with Gasteiger partial charge in [0.25, 0.3) is 0 Å². The fourth-order valence-electron chi connectivity index (χ4n) is 2.17. The highest BCUT2D eigenvalue weighted by Gasteiger charge is 2.13. The molecule has 2 aromatic carbocycles. The summed E-state index contributed by atoms with van der Waals surface area (Å²) in [5, 5.41) is 9.99. The SMILES string of the molecule is C=C(C)C(=O)OCC(=N)OC(C)c1cccc2ccccc12. The van der Waals surface area contributed by atoms with Crippen molar-refractivity contribution in [2.45, 2.75) is 20.0 Å². The van der Waals surface area contributed by atoms with E-state index >= 15 is 0 Å². The highest BCUT2D eigenvalue weighted by atomic mass is 16.6. The molecule has 0 spiro atoms. The zero-order valence-electron chi connectivity index (χ0n) is 12.8. The Balaban J connectivity index is 2.05. The second-order valence-electron chi connectivity index (χ2n) is 5.11. The number of fused-ring (bicyclic) bond motifs is 1. The molecule has 0 aliphatic carbocycles. The summed E-state index contributed by atoms with van der Waals surface area (Å²) in [5.74, 6) is -0.610. The highest BCUT2D eigenvalue weighted by Crippen LogP contribution is 2.26. The van der Waals surface area contributed by atoms with Gasteiger partial charge in [-0.1, -0.05) is 49.0 Å². The molecule has 0 saturated heterocycles. The van der Waals surface area contributed by atoms with Gasteiger partial charge in [-0.05, 0) is 30.2 Å². The molecule has 2 rings (SSSR count). The summed E-state index contributed by atoms with van der Waals surface area (Å²) in [4.78, 5) is 11.3. The van der Waals surface area contributed by atoms with E-state index < -0.39 is 5.97 Å². The topological polar surface area (TPSA) is 59.4 Å². The van der Waals surface area contributed by atoms with E-state index in [1.165, 1.54) is 0 Å². The van der Waals surface area contributed by atoms with Crippen LogP contribution in [0.5, 0.6) is 0 Å². The summed E-state index contributed by atoms with van der Waals surface area (Å²) < 4.78 is 10.5. The Kier molecular flexibility index (Phi) is 4.94. The maximum absolute atomic E-state index is 11.3. The van der Waals surface area contributed by atoms with Gasteiger partial charge in [0.1, 0.15) is 6.10 Å². The quantitative estimate of drug-likeness (QED) is 0.392. The largest absolute Gasteiger partial charge is 0.471 e. The first-order valence-electron chi connectivity index (χ1n) is 7.03. The van der Waals surface area contributed by atoms with Gasteiger partial charge >= 0.3 is 5.97 Å². The number of rotatable bonds is 5. The predicted molar refractivity (Wildman–Crippen MR) is 86.9 cm³/mol. The van der Waals surface area contributed by atoms with Crippen molar-refractivity contribution in [2.75, 3.05) is 6.61 Å². The Bertz CT molecular complexity index is 716. The van der Waals surface area contributed by atoms with Crippen LogP contribution < -0.4 is 0 Å². The third-order valence-corrected chi connectivity index (χ3v) is 3.26. The van der Waals surface area contributed by atoms with Gasteiger partial charge in [-0.15, -0.1) is 0 Å². The van der Waals surface area contributed by atoms with E-state index in [1.807, 2.05) is 49.4 Å². The van der Waals surface area contributed by atoms with E-state index in [0.29, 0.717) is 5.57 Å². The van der Waals surface area contributed by atoms with Crippen LogP contribution in [0, 0.1) is 5.41 Å². The number of hydrogen-bond acceptors (Lipinski definition) is 4. The summed E-state index contributed by atoms with van der Waals surface area (Å²) in [6, 6.07) is 14.0.